The minimum Gasteiger partial charge on any atom is -0.507 e. The Morgan fingerprint density at radius 2 is 1.69 bits per heavy atom. The molecule has 0 saturated heterocycles. The van der Waals surface area contributed by atoms with E-state index in [1.165, 1.54) is 0 Å². The third-order valence-electron chi connectivity index (χ3n) is 4.43. The van der Waals surface area contributed by atoms with Crippen LogP contribution in [-0.4, -0.2) is 9.44 Å². The Hall–Kier alpha value is -1.32. The Bertz CT molecular complexity index is 886. The van der Waals surface area contributed by atoms with E-state index in [9.17, 15) is 5.11 Å². The van der Waals surface area contributed by atoms with Gasteiger partial charge < -0.3 is 10.4 Å². The van der Waals surface area contributed by atoms with Gasteiger partial charge >= 0.3 is 0 Å². The smallest absolute Gasteiger partial charge is 0.134 e. The van der Waals surface area contributed by atoms with E-state index in [0.717, 1.165) is 16.8 Å². The first-order valence-corrected chi connectivity index (χ1v) is 9.41. The number of nitrogens with one attached hydrogen (secondary N) is 1. The molecular formula is C20H17Cl4NO. The standard InChI is InChI=1S/C20H17Cl4NO/c1-10(2)16-9-15(4-5-17(16)26)25-11(3)18-19(20(18,23)24)12-6-13(21)8-14(22)7-12/h4-9,18-19,25-26H,1,3H2,2H3. The normalized spacial score (nSPS) is 20.5. The molecular weight excluding hydrogens is 412 g/mol. The molecule has 0 spiro atoms. The van der Waals surface area contributed by atoms with Crippen molar-refractivity contribution < 1.29 is 5.11 Å². The quantitative estimate of drug-likeness (QED) is 0.388. The molecule has 0 heterocycles. The van der Waals surface area contributed by atoms with Crippen molar-refractivity contribution in [2.24, 2.45) is 5.92 Å². The molecule has 136 valence electrons. The van der Waals surface area contributed by atoms with Crippen LogP contribution in [0.1, 0.15) is 24.0 Å². The zero-order valence-electron chi connectivity index (χ0n) is 14.0. The SMILES string of the molecule is C=C(C)c1cc(NC(=C)C2C(c3cc(Cl)cc(Cl)c3)C2(Cl)Cl)ccc1O. The van der Waals surface area contributed by atoms with Gasteiger partial charge in [0.25, 0.3) is 0 Å². The number of alkyl halides is 2. The summed E-state index contributed by atoms with van der Waals surface area (Å²) in [6.07, 6.45) is 0. The van der Waals surface area contributed by atoms with Crippen LogP contribution in [-0.2, 0) is 0 Å². The predicted octanol–water partition coefficient (Wildman–Crippen LogP) is 7.25. The van der Waals surface area contributed by atoms with E-state index in [0.29, 0.717) is 21.3 Å². The van der Waals surface area contributed by atoms with Gasteiger partial charge in [-0.25, -0.2) is 0 Å². The maximum atomic E-state index is 9.91. The molecule has 6 heteroatoms. The molecule has 0 aromatic heterocycles. The van der Waals surface area contributed by atoms with Gasteiger partial charge in [-0.2, -0.15) is 0 Å². The maximum Gasteiger partial charge on any atom is 0.134 e. The molecule has 1 aliphatic carbocycles. The van der Waals surface area contributed by atoms with E-state index < -0.39 is 4.33 Å². The van der Waals surface area contributed by atoms with E-state index in [2.05, 4.69) is 18.5 Å². The fraction of sp³-hybridized carbons (Fsp3) is 0.200. The zero-order chi connectivity index (χ0) is 19.2. The lowest BCUT2D eigenvalue weighted by Gasteiger charge is -2.12. The van der Waals surface area contributed by atoms with E-state index in [-0.39, 0.29) is 17.6 Å². The average Bonchev–Trinajstić information content (AvgIpc) is 3.10. The van der Waals surface area contributed by atoms with Crippen LogP contribution < -0.4 is 5.32 Å². The van der Waals surface area contributed by atoms with Gasteiger partial charge in [-0.15, -0.1) is 23.2 Å². The average molecular weight is 429 g/mol. The predicted molar refractivity (Wildman–Crippen MR) is 113 cm³/mol. The third kappa shape index (κ3) is 3.70. The van der Waals surface area contributed by atoms with Gasteiger partial charge in [0, 0.05) is 38.8 Å². The summed E-state index contributed by atoms with van der Waals surface area (Å²) < 4.78 is -0.994. The van der Waals surface area contributed by atoms with Crippen molar-refractivity contribution in [3.05, 3.63) is 76.4 Å². The second-order valence-corrected chi connectivity index (χ2v) is 8.81. The van der Waals surface area contributed by atoms with Crippen LogP contribution in [0, 0.1) is 5.92 Å². The van der Waals surface area contributed by atoms with Crippen molar-refractivity contribution in [3.63, 3.8) is 0 Å². The topological polar surface area (TPSA) is 32.3 Å². The molecule has 1 fully saturated rings. The lowest BCUT2D eigenvalue weighted by Crippen LogP contribution is -2.04. The summed E-state index contributed by atoms with van der Waals surface area (Å²) in [5, 5.41) is 14.2. The fourth-order valence-corrected chi connectivity index (χ4v) is 4.58. The van der Waals surface area contributed by atoms with Crippen molar-refractivity contribution in [3.8, 4) is 5.75 Å². The van der Waals surface area contributed by atoms with Crippen molar-refractivity contribution in [2.45, 2.75) is 17.2 Å². The van der Waals surface area contributed by atoms with Crippen LogP contribution in [0.25, 0.3) is 5.57 Å². The number of halogens is 4. The molecule has 3 rings (SSSR count). The molecule has 2 unspecified atom stereocenters. The van der Waals surface area contributed by atoms with E-state index in [1.807, 2.05) is 19.1 Å². The summed E-state index contributed by atoms with van der Waals surface area (Å²) in [4.78, 5) is 0. The number of anilines is 1. The van der Waals surface area contributed by atoms with Crippen LogP contribution in [0.5, 0.6) is 5.75 Å². The monoisotopic (exact) mass is 427 g/mol. The van der Waals surface area contributed by atoms with E-state index in [4.69, 9.17) is 46.4 Å². The summed E-state index contributed by atoms with van der Waals surface area (Å²) in [5.74, 6) is -0.197. The number of hydrogen-bond donors (Lipinski definition) is 2. The molecule has 2 nitrogen and oxygen atoms in total. The highest BCUT2D eigenvalue weighted by Gasteiger charge is 2.65. The Morgan fingerprint density at radius 1 is 1.08 bits per heavy atom. The number of hydrogen-bond acceptors (Lipinski definition) is 2. The molecule has 2 atom stereocenters. The molecule has 0 aliphatic heterocycles. The lowest BCUT2D eigenvalue weighted by atomic mass is 10.1. The largest absolute Gasteiger partial charge is 0.507 e. The summed E-state index contributed by atoms with van der Waals surface area (Å²) in [6.45, 7) is 9.79. The van der Waals surface area contributed by atoms with Crippen LogP contribution >= 0.6 is 46.4 Å². The van der Waals surface area contributed by atoms with Gasteiger partial charge in [0.05, 0.1) is 0 Å². The summed E-state index contributed by atoms with van der Waals surface area (Å²) >= 11 is 25.2. The van der Waals surface area contributed by atoms with Crippen LogP contribution in [0.15, 0.2) is 55.3 Å². The molecule has 0 amide bonds. The summed E-state index contributed by atoms with van der Waals surface area (Å²) in [7, 11) is 0. The van der Waals surface area contributed by atoms with E-state index >= 15 is 0 Å². The highest BCUT2D eigenvalue weighted by molar-refractivity contribution is 6.52. The molecule has 0 bridgehead atoms. The molecule has 2 aromatic rings. The molecule has 0 radical (unpaired) electrons. The van der Waals surface area contributed by atoms with Crippen molar-refractivity contribution in [1.29, 1.82) is 0 Å². The summed E-state index contributed by atoms with van der Waals surface area (Å²) in [6, 6.07) is 10.5. The van der Waals surface area contributed by atoms with Crippen molar-refractivity contribution in [2.75, 3.05) is 5.32 Å². The highest BCUT2D eigenvalue weighted by Crippen LogP contribution is 2.67. The minimum atomic E-state index is -0.994. The Balaban J connectivity index is 1.82. The lowest BCUT2D eigenvalue weighted by molar-refractivity contribution is 0.473. The number of rotatable bonds is 5. The number of benzene rings is 2. The number of phenolic OH excluding ortho intramolecular Hbond substituents is 1. The van der Waals surface area contributed by atoms with Gasteiger partial charge in [0.2, 0.25) is 0 Å². The maximum absolute atomic E-state index is 9.91. The molecule has 2 N–H and O–H groups in total. The Kier molecular flexibility index (Phi) is 5.24. The van der Waals surface area contributed by atoms with Crippen LogP contribution in [0.3, 0.4) is 0 Å². The molecule has 1 saturated carbocycles. The van der Waals surface area contributed by atoms with Gasteiger partial charge in [-0.1, -0.05) is 36.4 Å². The number of aromatic hydroxyl groups is 1. The first kappa shape index (κ1) is 19.4. The number of allylic oxidation sites excluding steroid dienone is 2. The van der Waals surface area contributed by atoms with Crippen molar-refractivity contribution in [1.82, 2.24) is 0 Å². The second-order valence-electron chi connectivity index (χ2n) is 6.50. The van der Waals surface area contributed by atoms with Crippen LogP contribution in [0.4, 0.5) is 5.69 Å². The van der Waals surface area contributed by atoms with Gasteiger partial charge in [-0.3, -0.25) is 0 Å². The van der Waals surface area contributed by atoms with Crippen LogP contribution in [0.2, 0.25) is 10.0 Å². The van der Waals surface area contributed by atoms with E-state index in [1.54, 1.807) is 24.3 Å². The summed E-state index contributed by atoms with van der Waals surface area (Å²) in [5.41, 5.74) is 3.74. The van der Waals surface area contributed by atoms with Gasteiger partial charge in [0.1, 0.15) is 10.1 Å². The second kappa shape index (κ2) is 7.01. The molecule has 2 aromatic carbocycles. The van der Waals surface area contributed by atoms with Gasteiger partial charge in [-0.05, 0) is 54.5 Å². The Morgan fingerprint density at radius 3 is 2.27 bits per heavy atom. The van der Waals surface area contributed by atoms with Crippen molar-refractivity contribution >= 4 is 57.7 Å². The highest BCUT2D eigenvalue weighted by atomic mass is 35.5. The molecule has 26 heavy (non-hydrogen) atoms. The van der Waals surface area contributed by atoms with Gasteiger partial charge in [0.15, 0.2) is 0 Å². The molecule has 1 aliphatic rings. The third-order valence-corrected chi connectivity index (χ3v) is 5.81. The first-order valence-electron chi connectivity index (χ1n) is 7.89. The fourth-order valence-electron chi connectivity index (χ4n) is 3.15. The minimum absolute atomic E-state index is 0.167. The zero-order valence-corrected chi connectivity index (χ0v) is 17.0. The number of phenols is 1. The first-order chi connectivity index (χ1) is 12.1. The Labute approximate surface area is 173 Å².